The van der Waals surface area contributed by atoms with Crippen LogP contribution in [0.3, 0.4) is 0 Å². The monoisotopic (exact) mass is 373 g/mol. The maximum Gasteiger partial charge on any atom is 0.300 e. The molecule has 0 saturated heterocycles. The Morgan fingerprint density at radius 2 is 1.92 bits per heavy atom. The van der Waals surface area contributed by atoms with Gasteiger partial charge in [-0.1, -0.05) is 19.9 Å². The van der Waals surface area contributed by atoms with Gasteiger partial charge in [0.2, 0.25) is 0 Å². The minimum atomic E-state index is -3.24. The summed E-state index contributed by atoms with van der Waals surface area (Å²) in [4.78, 5) is 9.00. The molecule has 0 amide bonds. The molecule has 25 heavy (non-hydrogen) atoms. The van der Waals surface area contributed by atoms with E-state index < -0.39 is 21.9 Å². The topological polar surface area (TPSA) is 124 Å². The molecular formula is C17H27NO6S. The number of sulfone groups is 1. The minimum Gasteiger partial charge on any atom is -0.508 e. The maximum atomic E-state index is 11.5. The van der Waals surface area contributed by atoms with Crippen LogP contribution < -0.4 is 5.32 Å². The van der Waals surface area contributed by atoms with Crippen molar-refractivity contribution in [3.8, 4) is 5.75 Å². The molecule has 1 aromatic rings. The van der Waals surface area contributed by atoms with Crippen LogP contribution in [0, 0.1) is 0 Å². The summed E-state index contributed by atoms with van der Waals surface area (Å²) >= 11 is 0. The van der Waals surface area contributed by atoms with Gasteiger partial charge < -0.3 is 20.6 Å². The van der Waals surface area contributed by atoms with E-state index in [4.69, 9.17) is 9.90 Å². The molecule has 142 valence electrons. The second-order valence-corrected chi connectivity index (χ2v) is 8.77. The number of hydrogen-bond acceptors (Lipinski definition) is 6. The molecule has 0 radical (unpaired) electrons. The van der Waals surface area contributed by atoms with Crippen molar-refractivity contribution in [3.63, 3.8) is 0 Å². The van der Waals surface area contributed by atoms with Crippen LogP contribution in [-0.2, 0) is 26.8 Å². The first kappa shape index (κ1) is 21.4. The summed E-state index contributed by atoms with van der Waals surface area (Å²) < 4.78 is 23.1. The van der Waals surface area contributed by atoms with Gasteiger partial charge >= 0.3 is 0 Å². The number of carboxylic acid groups (broad SMARTS) is 1. The van der Waals surface area contributed by atoms with Gasteiger partial charge in [0.1, 0.15) is 5.75 Å². The van der Waals surface area contributed by atoms with Crippen molar-refractivity contribution >= 4 is 15.8 Å². The summed E-state index contributed by atoms with van der Waals surface area (Å²) in [5, 5.41) is 31.2. The molecule has 0 heterocycles. The number of rotatable bonds is 4. The Balaban J connectivity index is 0.000000705. The Bertz CT molecular complexity index is 710. The summed E-state index contributed by atoms with van der Waals surface area (Å²) in [7, 11) is -3.24. The van der Waals surface area contributed by atoms with Gasteiger partial charge in [-0.25, -0.2) is 8.42 Å². The molecule has 0 fully saturated rings. The van der Waals surface area contributed by atoms with E-state index in [0.717, 1.165) is 24.3 Å². The van der Waals surface area contributed by atoms with E-state index in [9.17, 15) is 18.6 Å². The van der Waals surface area contributed by atoms with E-state index in [1.807, 2.05) is 13.8 Å². The van der Waals surface area contributed by atoms with Crippen molar-refractivity contribution in [2.45, 2.75) is 57.6 Å². The normalized spacial score (nSPS) is 19.8. The zero-order valence-corrected chi connectivity index (χ0v) is 15.8. The van der Waals surface area contributed by atoms with Crippen molar-refractivity contribution < 1.29 is 28.5 Å². The maximum absolute atomic E-state index is 11.5. The first-order chi connectivity index (χ1) is 11.4. The highest BCUT2D eigenvalue weighted by molar-refractivity contribution is 7.89. The SMILES string of the molecule is CC(=O)O.CC(C)NC1CCc2c(ccc(O)c2CS(C)(=O)=O)C1O. The number of phenols is 1. The van der Waals surface area contributed by atoms with Gasteiger partial charge in [0, 0.05) is 30.8 Å². The average Bonchev–Trinajstić information content (AvgIpc) is 2.42. The van der Waals surface area contributed by atoms with E-state index in [1.165, 1.54) is 6.07 Å². The molecule has 8 heteroatoms. The summed E-state index contributed by atoms with van der Waals surface area (Å²) in [6.45, 7) is 5.13. The highest BCUT2D eigenvalue weighted by Gasteiger charge is 2.31. The number of aliphatic carboxylic acids is 1. The van der Waals surface area contributed by atoms with Crippen LogP contribution in [0.5, 0.6) is 5.75 Å². The van der Waals surface area contributed by atoms with E-state index >= 15 is 0 Å². The molecule has 2 atom stereocenters. The van der Waals surface area contributed by atoms with Crippen molar-refractivity contribution in [3.05, 3.63) is 28.8 Å². The summed E-state index contributed by atoms with van der Waals surface area (Å²) in [5.41, 5.74) is 1.92. The Labute approximate surface area is 148 Å². The third-order valence-electron chi connectivity index (χ3n) is 3.80. The number of aromatic hydroxyl groups is 1. The average molecular weight is 373 g/mol. The number of carboxylic acids is 1. The van der Waals surface area contributed by atoms with Gasteiger partial charge in [0.25, 0.3) is 5.97 Å². The fourth-order valence-corrected chi connectivity index (χ4v) is 3.82. The van der Waals surface area contributed by atoms with Crippen molar-refractivity contribution in [1.29, 1.82) is 0 Å². The first-order valence-corrected chi connectivity index (χ1v) is 10.1. The first-order valence-electron chi connectivity index (χ1n) is 8.07. The minimum absolute atomic E-state index is 0.0124. The van der Waals surface area contributed by atoms with Gasteiger partial charge in [-0.05, 0) is 30.0 Å². The molecule has 0 aliphatic heterocycles. The Morgan fingerprint density at radius 1 is 1.36 bits per heavy atom. The number of aliphatic hydroxyl groups excluding tert-OH is 1. The lowest BCUT2D eigenvalue weighted by Gasteiger charge is -2.33. The van der Waals surface area contributed by atoms with Crippen LogP contribution in [0.2, 0.25) is 0 Å². The molecule has 0 saturated carbocycles. The second kappa shape index (κ2) is 8.64. The van der Waals surface area contributed by atoms with Gasteiger partial charge in [0.05, 0.1) is 11.9 Å². The predicted molar refractivity (Wildman–Crippen MR) is 95.3 cm³/mol. The fraction of sp³-hybridized carbons (Fsp3) is 0.588. The molecule has 1 aliphatic rings. The van der Waals surface area contributed by atoms with E-state index in [0.29, 0.717) is 18.4 Å². The van der Waals surface area contributed by atoms with E-state index in [-0.39, 0.29) is 23.6 Å². The number of nitrogens with one attached hydrogen (secondary N) is 1. The molecule has 1 aromatic carbocycles. The number of fused-ring (bicyclic) bond motifs is 1. The van der Waals surface area contributed by atoms with Crippen LogP contribution in [0.15, 0.2) is 12.1 Å². The third kappa shape index (κ3) is 6.64. The molecular weight excluding hydrogens is 346 g/mol. The molecule has 0 spiro atoms. The van der Waals surface area contributed by atoms with Gasteiger partial charge in [-0.2, -0.15) is 0 Å². The zero-order valence-electron chi connectivity index (χ0n) is 15.0. The van der Waals surface area contributed by atoms with E-state index in [2.05, 4.69) is 5.32 Å². The predicted octanol–water partition coefficient (Wildman–Crippen LogP) is 1.37. The Hall–Kier alpha value is -1.64. The molecule has 1 aliphatic carbocycles. The van der Waals surface area contributed by atoms with Crippen LogP contribution in [0.4, 0.5) is 0 Å². The highest BCUT2D eigenvalue weighted by atomic mass is 32.2. The molecule has 4 N–H and O–H groups in total. The molecule has 0 aromatic heterocycles. The second-order valence-electron chi connectivity index (χ2n) is 6.63. The van der Waals surface area contributed by atoms with Gasteiger partial charge in [-0.3, -0.25) is 4.79 Å². The molecule has 2 rings (SSSR count). The van der Waals surface area contributed by atoms with Crippen molar-refractivity contribution in [1.82, 2.24) is 5.32 Å². The standard InChI is InChI=1S/C15H23NO4S.C2H4O2/c1-9(2)16-13-6-4-10-11(15(13)18)5-7-14(17)12(10)8-21(3,19)20;1-2(3)4/h5,7,9,13,15-18H,4,6,8H2,1-3H3;1H3,(H,3,4). The van der Waals surface area contributed by atoms with Crippen LogP contribution in [0.25, 0.3) is 0 Å². The molecule has 7 nitrogen and oxygen atoms in total. The van der Waals surface area contributed by atoms with Crippen molar-refractivity contribution in [2.75, 3.05) is 6.26 Å². The Morgan fingerprint density at radius 3 is 2.40 bits per heavy atom. The number of aliphatic hydroxyl groups is 1. The summed E-state index contributed by atoms with van der Waals surface area (Å²) in [6, 6.07) is 3.38. The van der Waals surface area contributed by atoms with E-state index in [1.54, 1.807) is 6.07 Å². The van der Waals surface area contributed by atoms with Crippen LogP contribution in [-0.4, -0.2) is 48.0 Å². The lowest BCUT2D eigenvalue weighted by molar-refractivity contribution is -0.134. The van der Waals surface area contributed by atoms with Gasteiger partial charge in [-0.15, -0.1) is 0 Å². The molecule has 0 bridgehead atoms. The number of benzene rings is 1. The lowest BCUT2D eigenvalue weighted by atomic mass is 9.83. The van der Waals surface area contributed by atoms with Gasteiger partial charge in [0.15, 0.2) is 9.84 Å². The Kier molecular flexibility index (Phi) is 7.40. The largest absolute Gasteiger partial charge is 0.508 e. The number of carbonyl (C=O) groups is 1. The number of phenolic OH excluding ortho intramolecular Hbond substituents is 1. The number of hydrogen-bond donors (Lipinski definition) is 4. The molecule has 2 unspecified atom stereocenters. The summed E-state index contributed by atoms with van der Waals surface area (Å²) in [5.74, 6) is -1.04. The lowest BCUT2D eigenvalue weighted by Crippen LogP contribution is -2.42. The van der Waals surface area contributed by atoms with Crippen LogP contribution >= 0.6 is 0 Å². The third-order valence-corrected chi connectivity index (χ3v) is 4.61. The quantitative estimate of drug-likeness (QED) is 0.628. The smallest absolute Gasteiger partial charge is 0.300 e. The highest BCUT2D eigenvalue weighted by Crippen LogP contribution is 2.36. The summed E-state index contributed by atoms with van der Waals surface area (Å²) in [6.07, 6.45) is 1.83. The van der Waals surface area contributed by atoms with Crippen molar-refractivity contribution in [2.24, 2.45) is 0 Å². The zero-order chi connectivity index (χ0) is 19.4. The van der Waals surface area contributed by atoms with Crippen LogP contribution in [0.1, 0.15) is 50.0 Å². The fourth-order valence-electron chi connectivity index (χ4n) is 2.97.